The van der Waals surface area contributed by atoms with Crippen LogP contribution >= 0.6 is 11.6 Å². The van der Waals surface area contributed by atoms with Gasteiger partial charge >= 0.3 is 0 Å². The molecule has 2 rings (SSSR count). The number of rotatable bonds is 5. The minimum atomic E-state index is -0.289. The Morgan fingerprint density at radius 2 is 2.10 bits per heavy atom. The van der Waals surface area contributed by atoms with Gasteiger partial charge in [-0.1, -0.05) is 30.7 Å². The highest BCUT2D eigenvalue weighted by atomic mass is 35.5. The lowest BCUT2D eigenvalue weighted by Crippen LogP contribution is -2.24. The number of anilines is 1. The number of nitriles is 1. The molecular formula is C15H15ClN4O. The van der Waals surface area contributed by atoms with Crippen LogP contribution in [0.1, 0.15) is 24.5 Å². The second-order valence-corrected chi connectivity index (χ2v) is 4.94. The third kappa shape index (κ3) is 3.61. The van der Waals surface area contributed by atoms with Crippen molar-refractivity contribution >= 4 is 17.3 Å². The highest BCUT2D eigenvalue weighted by Gasteiger charge is 2.08. The van der Waals surface area contributed by atoms with Crippen LogP contribution in [0.5, 0.6) is 0 Å². The molecule has 0 radical (unpaired) electrons. The first kappa shape index (κ1) is 15.1. The van der Waals surface area contributed by atoms with Crippen LogP contribution in [0, 0.1) is 11.3 Å². The van der Waals surface area contributed by atoms with E-state index in [9.17, 15) is 4.79 Å². The fraction of sp³-hybridized carbons (Fsp3) is 0.267. The first-order chi connectivity index (χ1) is 10.2. The number of halogens is 1. The fourth-order valence-electron chi connectivity index (χ4n) is 1.85. The van der Waals surface area contributed by atoms with Crippen LogP contribution in [0.3, 0.4) is 0 Å². The minimum Gasteiger partial charge on any atom is -0.378 e. The van der Waals surface area contributed by atoms with Crippen LogP contribution in [0.25, 0.3) is 0 Å². The van der Waals surface area contributed by atoms with Gasteiger partial charge in [-0.2, -0.15) is 10.4 Å². The monoisotopic (exact) mass is 302 g/mol. The summed E-state index contributed by atoms with van der Waals surface area (Å²) in [6, 6.07) is 9.26. The normalized spacial score (nSPS) is 10.1. The van der Waals surface area contributed by atoms with E-state index in [-0.39, 0.29) is 10.6 Å². The summed E-state index contributed by atoms with van der Waals surface area (Å²) in [5.41, 5.74) is 1.82. The van der Waals surface area contributed by atoms with Gasteiger partial charge in [0.25, 0.3) is 5.56 Å². The van der Waals surface area contributed by atoms with E-state index in [0.717, 1.165) is 12.0 Å². The third-order valence-corrected chi connectivity index (χ3v) is 3.35. The number of benzene rings is 1. The second-order valence-electron chi connectivity index (χ2n) is 4.56. The van der Waals surface area contributed by atoms with Gasteiger partial charge in [0, 0.05) is 13.1 Å². The Morgan fingerprint density at radius 1 is 1.38 bits per heavy atom. The molecule has 1 N–H and O–H groups in total. The Morgan fingerprint density at radius 3 is 2.71 bits per heavy atom. The van der Waals surface area contributed by atoms with E-state index >= 15 is 0 Å². The molecule has 0 saturated heterocycles. The number of nitrogens with one attached hydrogen (secondary N) is 1. The van der Waals surface area contributed by atoms with E-state index in [4.69, 9.17) is 16.9 Å². The third-order valence-electron chi connectivity index (χ3n) is 2.99. The maximum Gasteiger partial charge on any atom is 0.287 e. The summed E-state index contributed by atoms with van der Waals surface area (Å²) in [6.07, 6.45) is 2.38. The Kier molecular flexibility index (Phi) is 4.96. The van der Waals surface area contributed by atoms with Crippen molar-refractivity contribution in [2.24, 2.45) is 0 Å². The lowest BCUT2D eigenvalue weighted by atomic mass is 10.1. The van der Waals surface area contributed by atoms with Crippen LogP contribution in [0.4, 0.5) is 5.69 Å². The van der Waals surface area contributed by atoms with Gasteiger partial charge in [0.05, 0.1) is 23.5 Å². The molecule has 0 unspecified atom stereocenters. The molecule has 1 aromatic heterocycles. The van der Waals surface area contributed by atoms with E-state index in [1.54, 1.807) is 18.3 Å². The number of aryl methyl sites for hydroxylation is 1. The van der Waals surface area contributed by atoms with E-state index in [1.807, 2.05) is 19.1 Å². The molecule has 0 aliphatic carbocycles. The summed E-state index contributed by atoms with van der Waals surface area (Å²) in [7, 11) is 0. The predicted molar refractivity (Wildman–Crippen MR) is 82.3 cm³/mol. The first-order valence-corrected chi connectivity index (χ1v) is 7.02. The smallest absolute Gasteiger partial charge is 0.287 e. The summed E-state index contributed by atoms with van der Waals surface area (Å²) < 4.78 is 1.36. The van der Waals surface area contributed by atoms with Crippen molar-refractivity contribution in [1.29, 1.82) is 5.26 Å². The molecule has 0 atom stereocenters. The summed E-state index contributed by atoms with van der Waals surface area (Å²) in [4.78, 5) is 12.0. The van der Waals surface area contributed by atoms with Gasteiger partial charge in [0.2, 0.25) is 0 Å². The summed E-state index contributed by atoms with van der Waals surface area (Å²) >= 11 is 6.07. The Hall–Kier alpha value is -2.32. The topological polar surface area (TPSA) is 70.7 Å². The molecule has 0 saturated carbocycles. The molecule has 0 amide bonds. The van der Waals surface area contributed by atoms with Gasteiger partial charge in [-0.25, -0.2) is 4.68 Å². The van der Waals surface area contributed by atoms with Crippen molar-refractivity contribution in [3.8, 4) is 6.07 Å². The highest BCUT2D eigenvalue weighted by Crippen LogP contribution is 2.16. The van der Waals surface area contributed by atoms with Crippen molar-refractivity contribution in [3.05, 3.63) is 57.0 Å². The van der Waals surface area contributed by atoms with Crippen molar-refractivity contribution < 1.29 is 0 Å². The lowest BCUT2D eigenvalue weighted by Gasteiger charge is -2.10. The van der Waals surface area contributed by atoms with Gasteiger partial charge in [-0.05, 0) is 24.1 Å². The van der Waals surface area contributed by atoms with Crippen LogP contribution in [-0.4, -0.2) is 9.78 Å². The highest BCUT2D eigenvalue weighted by molar-refractivity contribution is 6.32. The molecule has 5 nitrogen and oxygen atoms in total. The minimum absolute atomic E-state index is 0.145. The number of hydrogen-bond donors (Lipinski definition) is 1. The molecule has 1 heterocycles. The quantitative estimate of drug-likeness (QED) is 0.922. The summed E-state index contributed by atoms with van der Waals surface area (Å²) in [6.45, 7) is 3.03. The van der Waals surface area contributed by atoms with E-state index in [0.29, 0.717) is 24.3 Å². The molecular weight excluding hydrogens is 288 g/mol. The molecule has 1 aromatic carbocycles. The molecule has 21 heavy (non-hydrogen) atoms. The van der Waals surface area contributed by atoms with Gasteiger partial charge in [-0.15, -0.1) is 0 Å². The number of aromatic nitrogens is 2. The predicted octanol–water partition coefficient (Wildman–Crippen LogP) is 2.79. The zero-order valence-corrected chi connectivity index (χ0v) is 12.4. The first-order valence-electron chi connectivity index (χ1n) is 6.64. The standard InChI is InChI=1S/C15H15ClN4O/c1-2-7-20-15(21)14(16)13(10-19-20)18-9-12-5-3-11(8-17)4-6-12/h3-6,10,18H,2,7,9H2,1H3. The maximum absolute atomic E-state index is 12.0. The Labute approximate surface area is 127 Å². The molecule has 0 bridgehead atoms. The van der Waals surface area contributed by atoms with E-state index < -0.39 is 0 Å². The van der Waals surface area contributed by atoms with Gasteiger partial charge in [0.1, 0.15) is 5.02 Å². The zero-order valence-electron chi connectivity index (χ0n) is 11.6. The van der Waals surface area contributed by atoms with Crippen molar-refractivity contribution in [1.82, 2.24) is 9.78 Å². The Bertz CT molecular complexity index is 716. The van der Waals surface area contributed by atoms with E-state index in [1.165, 1.54) is 4.68 Å². The molecule has 6 heteroatoms. The van der Waals surface area contributed by atoms with E-state index in [2.05, 4.69) is 16.5 Å². The fourth-order valence-corrected chi connectivity index (χ4v) is 2.07. The summed E-state index contributed by atoms with van der Waals surface area (Å²) in [5, 5.41) is 16.1. The SMILES string of the molecule is CCCn1ncc(NCc2ccc(C#N)cc2)c(Cl)c1=O. The van der Waals surface area contributed by atoms with Gasteiger partial charge in [0.15, 0.2) is 0 Å². The molecule has 108 valence electrons. The van der Waals surface area contributed by atoms with Crippen LogP contribution in [0.15, 0.2) is 35.3 Å². The molecule has 0 spiro atoms. The molecule has 2 aromatic rings. The average molecular weight is 303 g/mol. The second kappa shape index (κ2) is 6.91. The Balaban J connectivity index is 2.11. The lowest BCUT2D eigenvalue weighted by molar-refractivity contribution is 0.568. The van der Waals surface area contributed by atoms with Crippen LogP contribution in [0.2, 0.25) is 5.02 Å². The van der Waals surface area contributed by atoms with Crippen molar-refractivity contribution in [3.63, 3.8) is 0 Å². The van der Waals surface area contributed by atoms with Crippen molar-refractivity contribution in [2.75, 3.05) is 5.32 Å². The van der Waals surface area contributed by atoms with Crippen molar-refractivity contribution in [2.45, 2.75) is 26.4 Å². The molecule has 0 aliphatic rings. The maximum atomic E-state index is 12.0. The summed E-state index contributed by atoms with van der Waals surface area (Å²) in [5.74, 6) is 0. The van der Waals surface area contributed by atoms with Gasteiger partial charge < -0.3 is 5.32 Å². The number of hydrogen-bond acceptors (Lipinski definition) is 4. The van der Waals surface area contributed by atoms with Gasteiger partial charge in [-0.3, -0.25) is 4.79 Å². The molecule has 0 fully saturated rings. The average Bonchev–Trinajstić information content (AvgIpc) is 2.52. The zero-order chi connectivity index (χ0) is 15.2. The van der Waals surface area contributed by atoms with Crippen LogP contribution < -0.4 is 10.9 Å². The number of nitrogens with zero attached hydrogens (tertiary/aromatic N) is 3. The largest absolute Gasteiger partial charge is 0.378 e. The molecule has 0 aliphatic heterocycles. The van der Waals surface area contributed by atoms with Crippen LogP contribution in [-0.2, 0) is 13.1 Å².